The molecule has 182 valence electrons. The maximum absolute atomic E-state index is 13.8. The van der Waals surface area contributed by atoms with E-state index in [0.717, 1.165) is 0 Å². The zero-order chi connectivity index (χ0) is 24.6. The molecule has 3 heterocycles. The Morgan fingerprint density at radius 2 is 2.18 bits per heavy atom. The lowest BCUT2D eigenvalue weighted by molar-refractivity contribution is -0.139. The summed E-state index contributed by atoms with van der Waals surface area (Å²) in [7, 11) is -3.54. The average molecular weight is 571 g/mol. The van der Waals surface area contributed by atoms with Crippen molar-refractivity contribution in [2.24, 2.45) is 4.99 Å². The topological polar surface area (TPSA) is 101 Å². The number of benzene rings is 1. The van der Waals surface area contributed by atoms with Gasteiger partial charge in [0, 0.05) is 40.8 Å². The Labute approximate surface area is 210 Å². The van der Waals surface area contributed by atoms with Gasteiger partial charge in [-0.1, -0.05) is 22.0 Å². The van der Waals surface area contributed by atoms with Crippen molar-refractivity contribution in [1.82, 2.24) is 14.6 Å². The summed E-state index contributed by atoms with van der Waals surface area (Å²) >= 11 is 4.79. The van der Waals surface area contributed by atoms with Crippen LogP contribution in [0, 0.1) is 5.82 Å². The van der Waals surface area contributed by atoms with Gasteiger partial charge < -0.3 is 9.64 Å². The molecule has 2 aliphatic heterocycles. The van der Waals surface area contributed by atoms with Crippen molar-refractivity contribution in [3.8, 4) is 0 Å². The van der Waals surface area contributed by atoms with Gasteiger partial charge in [-0.2, -0.15) is 0 Å². The second kappa shape index (κ2) is 9.84. The maximum atomic E-state index is 13.8. The highest BCUT2D eigenvalue weighted by Crippen LogP contribution is 2.42. The number of hydrogen-bond donors (Lipinski definition) is 1. The Hall–Kier alpha value is -2.15. The van der Waals surface area contributed by atoms with Crippen molar-refractivity contribution >= 4 is 49.1 Å². The average Bonchev–Trinajstić information content (AvgIpc) is 3.42. The lowest BCUT2D eigenvalue weighted by Crippen LogP contribution is -2.42. The molecule has 4 rings (SSSR count). The zero-order valence-electron chi connectivity index (χ0n) is 18.8. The number of carbonyl (C=O) groups is 1. The molecule has 0 bridgehead atoms. The molecule has 1 aromatic carbocycles. The molecule has 2 aliphatic rings. The molecule has 0 aliphatic carbocycles. The van der Waals surface area contributed by atoms with Crippen LogP contribution in [0.3, 0.4) is 0 Å². The van der Waals surface area contributed by atoms with Crippen LogP contribution in [-0.2, 0) is 19.6 Å². The molecule has 12 heteroatoms. The summed E-state index contributed by atoms with van der Waals surface area (Å²) in [6.45, 7) is 5.39. The van der Waals surface area contributed by atoms with Gasteiger partial charge in [0.2, 0.25) is 10.0 Å². The highest BCUT2D eigenvalue weighted by atomic mass is 79.9. The molecule has 1 saturated heterocycles. The van der Waals surface area contributed by atoms with E-state index >= 15 is 0 Å². The standard InChI is InChI=1S/C22H24BrFN4O4S2/c1-4-32-22(29)18-17-10-14(27-34(30,31)12(2)3)11-28(17)20(21-25-7-8-33-21)26-19(18)15-6-5-13(24)9-16(15)23/h5-9,12,14,19,27H,4,10-11H2,1-3H3/t14-,19?/m1/s1. The highest BCUT2D eigenvalue weighted by molar-refractivity contribution is 9.10. The summed E-state index contributed by atoms with van der Waals surface area (Å²) in [6, 6.07) is 2.97. The monoisotopic (exact) mass is 570 g/mol. The fourth-order valence-electron chi connectivity index (χ4n) is 3.96. The van der Waals surface area contributed by atoms with E-state index in [1.807, 2.05) is 10.3 Å². The van der Waals surface area contributed by atoms with E-state index in [-0.39, 0.29) is 13.0 Å². The van der Waals surface area contributed by atoms with Crippen molar-refractivity contribution in [2.75, 3.05) is 13.2 Å². The molecule has 2 aromatic rings. The third-order valence-corrected chi connectivity index (χ3v) is 8.95. The number of hydrogen-bond acceptors (Lipinski definition) is 8. The molecular weight excluding hydrogens is 547 g/mol. The number of carbonyl (C=O) groups excluding carboxylic acids is 1. The van der Waals surface area contributed by atoms with Gasteiger partial charge in [-0.3, -0.25) is 4.99 Å². The summed E-state index contributed by atoms with van der Waals surface area (Å²) in [4.78, 5) is 24.3. The summed E-state index contributed by atoms with van der Waals surface area (Å²) in [5.41, 5.74) is 1.52. The van der Waals surface area contributed by atoms with Gasteiger partial charge in [-0.25, -0.2) is 27.3 Å². The van der Waals surface area contributed by atoms with E-state index < -0.39 is 39.1 Å². The smallest absolute Gasteiger partial charge is 0.338 e. The first-order chi connectivity index (χ1) is 16.1. The maximum Gasteiger partial charge on any atom is 0.338 e. The van der Waals surface area contributed by atoms with Crippen molar-refractivity contribution in [2.45, 2.75) is 44.5 Å². The van der Waals surface area contributed by atoms with Gasteiger partial charge in [0.1, 0.15) is 11.9 Å². The van der Waals surface area contributed by atoms with Crippen LogP contribution < -0.4 is 4.72 Å². The van der Waals surface area contributed by atoms with E-state index in [0.29, 0.717) is 38.7 Å². The minimum absolute atomic E-state index is 0.166. The summed E-state index contributed by atoms with van der Waals surface area (Å²) in [6.07, 6.45) is 1.93. The summed E-state index contributed by atoms with van der Waals surface area (Å²) < 4.78 is 47.5. The minimum Gasteiger partial charge on any atom is -0.463 e. The van der Waals surface area contributed by atoms with Crippen LogP contribution in [0.25, 0.3) is 0 Å². The van der Waals surface area contributed by atoms with Crippen molar-refractivity contribution in [3.63, 3.8) is 0 Å². The van der Waals surface area contributed by atoms with E-state index in [4.69, 9.17) is 9.73 Å². The second-order valence-corrected chi connectivity index (χ2v) is 12.2. The second-order valence-electron chi connectivity index (χ2n) is 8.16. The van der Waals surface area contributed by atoms with E-state index in [2.05, 4.69) is 25.6 Å². The predicted octanol–water partition coefficient (Wildman–Crippen LogP) is 3.77. The predicted molar refractivity (Wildman–Crippen MR) is 131 cm³/mol. The summed E-state index contributed by atoms with van der Waals surface area (Å²) in [5.74, 6) is -0.435. The van der Waals surface area contributed by atoms with Gasteiger partial charge in [-0.05, 0) is 38.5 Å². The van der Waals surface area contributed by atoms with Crippen LogP contribution in [0.1, 0.15) is 43.8 Å². The van der Waals surface area contributed by atoms with Crippen LogP contribution in [0.15, 0.2) is 50.5 Å². The molecule has 0 radical (unpaired) electrons. The molecule has 0 spiro atoms. The van der Waals surface area contributed by atoms with Gasteiger partial charge in [-0.15, -0.1) is 11.3 Å². The first-order valence-electron chi connectivity index (χ1n) is 10.7. The quantitative estimate of drug-likeness (QED) is 0.508. The fraction of sp³-hybridized carbons (Fsp3) is 0.409. The zero-order valence-corrected chi connectivity index (χ0v) is 22.0. The molecule has 1 aromatic heterocycles. The van der Waals surface area contributed by atoms with Crippen LogP contribution in [-0.4, -0.2) is 54.6 Å². The molecule has 34 heavy (non-hydrogen) atoms. The molecule has 8 nitrogen and oxygen atoms in total. The first kappa shape index (κ1) is 25.0. The van der Waals surface area contributed by atoms with E-state index in [9.17, 15) is 17.6 Å². The van der Waals surface area contributed by atoms with Gasteiger partial charge >= 0.3 is 5.97 Å². The molecule has 1 N–H and O–H groups in total. The lowest BCUT2D eigenvalue weighted by Gasteiger charge is -2.31. The third-order valence-electron chi connectivity index (χ3n) is 5.59. The highest BCUT2D eigenvalue weighted by Gasteiger charge is 2.43. The lowest BCUT2D eigenvalue weighted by atomic mass is 9.94. The number of nitrogens with one attached hydrogen (secondary N) is 1. The number of fused-ring (bicyclic) bond motifs is 1. The van der Waals surface area contributed by atoms with Crippen LogP contribution >= 0.6 is 27.3 Å². The third kappa shape index (κ3) is 4.81. The van der Waals surface area contributed by atoms with Crippen molar-refractivity contribution in [1.29, 1.82) is 0 Å². The number of ether oxygens (including phenoxy) is 1. The Morgan fingerprint density at radius 1 is 1.41 bits per heavy atom. The molecule has 1 unspecified atom stereocenters. The number of rotatable bonds is 7. The van der Waals surface area contributed by atoms with Gasteiger partial charge in [0.25, 0.3) is 0 Å². The molecular formula is C22H24BrFN4O4S2. The Kier molecular flexibility index (Phi) is 7.22. The van der Waals surface area contributed by atoms with E-state index in [1.54, 1.807) is 33.0 Å². The van der Waals surface area contributed by atoms with Crippen LogP contribution in [0.4, 0.5) is 4.39 Å². The normalized spacial score (nSPS) is 20.5. The number of aliphatic imine (C=N–C) groups is 1. The molecule has 2 atom stereocenters. The Bertz CT molecular complexity index is 1260. The number of sulfonamides is 1. The number of amidine groups is 1. The molecule has 0 saturated carbocycles. The SMILES string of the molecule is CCOC(=O)C1=C2C[C@@H](NS(=O)(=O)C(C)C)CN2C(c2nccs2)=NC1c1ccc(F)cc1Br. The Morgan fingerprint density at radius 3 is 2.79 bits per heavy atom. The number of aromatic nitrogens is 1. The number of thiazole rings is 1. The van der Waals surface area contributed by atoms with Crippen LogP contribution in [0.2, 0.25) is 0 Å². The van der Waals surface area contributed by atoms with Crippen molar-refractivity contribution < 1.29 is 22.3 Å². The fourth-order valence-corrected chi connectivity index (χ4v) is 6.06. The number of esters is 1. The number of halogens is 2. The van der Waals surface area contributed by atoms with Gasteiger partial charge in [0.15, 0.2) is 10.8 Å². The first-order valence-corrected chi connectivity index (χ1v) is 14.0. The Balaban J connectivity index is 1.87. The van der Waals surface area contributed by atoms with Gasteiger partial charge in [0.05, 0.1) is 17.4 Å². The van der Waals surface area contributed by atoms with Crippen molar-refractivity contribution in [3.05, 3.63) is 61.9 Å². The molecule has 0 amide bonds. The minimum atomic E-state index is -3.54. The molecule has 1 fully saturated rings. The largest absolute Gasteiger partial charge is 0.463 e. The number of nitrogens with zero attached hydrogens (tertiary/aromatic N) is 3. The van der Waals surface area contributed by atoms with E-state index in [1.165, 1.54) is 23.5 Å². The van der Waals surface area contributed by atoms with Crippen LogP contribution in [0.5, 0.6) is 0 Å². The summed E-state index contributed by atoms with van der Waals surface area (Å²) in [5, 5.41) is 1.86.